The molecular weight excluding hydrogens is 188 g/mol. The Morgan fingerprint density at radius 2 is 1.87 bits per heavy atom. The molecule has 1 unspecified atom stereocenters. The van der Waals surface area contributed by atoms with Crippen LogP contribution in [0.1, 0.15) is 56.1 Å². The molecule has 1 N–H and O–H groups in total. The molecule has 0 amide bonds. The number of hydrogen-bond acceptors (Lipinski definition) is 2. The molecular formula is C13H20O2. The van der Waals surface area contributed by atoms with Crippen LogP contribution in [0.15, 0.2) is 16.5 Å². The van der Waals surface area contributed by atoms with Crippen molar-refractivity contribution in [3.05, 3.63) is 23.7 Å². The number of aryl methyl sites for hydroxylation is 1. The predicted molar refractivity (Wildman–Crippen MR) is 59.6 cm³/mol. The third-order valence-corrected chi connectivity index (χ3v) is 3.40. The summed E-state index contributed by atoms with van der Waals surface area (Å²) in [4.78, 5) is 0. The Bertz CT molecular complexity index is 295. The molecule has 0 spiro atoms. The third kappa shape index (κ3) is 2.63. The minimum atomic E-state index is -0.392. The van der Waals surface area contributed by atoms with E-state index < -0.39 is 6.10 Å². The Morgan fingerprint density at radius 3 is 2.40 bits per heavy atom. The summed E-state index contributed by atoms with van der Waals surface area (Å²) in [6, 6.07) is 3.83. The molecule has 2 heteroatoms. The summed E-state index contributed by atoms with van der Waals surface area (Å²) >= 11 is 0. The molecule has 1 atom stereocenters. The molecule has 0 radical (unpaired) electrons. The van der Waals surface area contributed by atoms with E-state index in [-0.39, 0.29) is 0 Å². The molecule has 0 bridgehead atoms. The highest BCUT2D eigenvalue weighted by Crippen LogP contribution is 2.33. The van der Waals surface area contributed by atoms with Crippen LogP contribution in [0.3, 0.4) is 0 Å². The Kier molecular flexibility index (Phi) is 3.47. The summed E-state index contributed by atoms with van der Waals surface area (Å²) in [6.07, 6.45) is 7.03. The zero-order valence-electron chi connectivity index (χ0n) is 9.41. The SMILES string of the molecule is Cc1ccc(C(O)C2CCCCCC2)o1. The fraction of sp³-hybridized carbons (Fsp3) is 0.692. The Labute approximate surface area is 91.3 Å². The molecule has 2 rings (SSSR count). The van der Waals surface area contributed by atoms with Gasteiger partial charge in [-0.25, -0.2) is 0 Å². The number of rotatable bonds is 2. The van der Waals surface area contributed by atoms with Crippen molar-refractivity contribution in [1.82, 2.24) is 0 Å². The summed E-state index contributed by atoms with van der Waals surface area (Å²) in [6.45, 7) is 1.92. The quantitative estimate of drug-likeness (QED) is 0.753. The monoisotopic (exact) mass is 208 g/mol. The van der Waals surface area contributed by atoms with Gasteiger partial charge >= 0.3 is 0 Å². The topological polar surface area (TPSA) is 33.4 Å². The molecule has 15 heavy (non-hydrogen) atoms. The van der Waals surface area contributed by atoms with Gasteiger partial charge in [0.25, 0.3) is 0 Å². The van der Waals surface area contributed by atoms with Crippen LogP contribution in [0, 0.1) is 12.8 Å². The highest BCUT2D eigenvalue weighted by Gasteiger charge is 2.24. The first-order chi connectivity index (χ1) is 7.27. The van der Waals surface area contributed by atoms with Gasteiger partial charge in [0.15, 0.2) is 0 Å². The van der Waals surface area contributed by atoms with Crippen LogP contribution >= 0.6 is 0 Å². The van der Waals surface area contributed by atoms with E-state index in [2.05, 4.69) is 0 Å². The van der Waals surface area contributed by atoms with E-state index in [1.54, 1.807) is 0 Å². The lowest BCUT2D eigenvalue weighted by Crippen LogP contribution is -2.11. The van der Waals surface area contributed by atoms with Crippen LogP contribution in [-0.2, 0) is 0 Å². The van der Waals surface area contributed by atoms with Crippen LogP contribution in [0.5, 0.6) is 0 Å². The smallest absolute Gasteiger partial charge is 0.132 e. The van der Waals surface area contributed by atoms with E-state index >= 15 is 0 Å². The van der Waals surface area contributed by atoms with Crippen molar-refractivity contribution in [3.8, 4) is 0 Å². The Hall–Kier alpha value is -0.760. The lowest BCUT2D eigenvalue weighted by atomic mass is 9.93. The summed E-state index contributed by atoms with van der Waals surface area (Å²) < 4.78 is 5.49. The molecule has 1 aliphatic carbocycles. The van der Waals surface area contributed by atoms with Crippen molar-refractivity contribution < 1.29 is 9.52 Å². The molecule has 2 nitrogen and oxygen atoms in total. The first-order valence-electron chi connectivity index (χ1n) is 6.02. The summed E-state index contributed by atoms with van der Waals surface area (Å²) in [5.74, 6) is 2.04. The van der Waals surface area contributed by atoms with Crippen molar-refractivity contribution in [2.45, 2.75) is 51.6 Å². The van der Waals surface area contributed by atoms with Crippen LogP contribution in [0.4, 0.5) is 0 Å². The van der Waals surface area contributed by atoms with Crippen molar-refractivity contribution in [2.24, 2.45) is 5.92 Å². The fourth-order valence-electron chi connectivity index (χ4n) is 2.47. The van der Waals surface area contributed by atoms with Gasteiger partial charge in [0, 0.05) is 0 Å². The van der Waals surface area contributed by atoms with Gasteiger partial charge < -0.3 is 9.52 Å². The van der Waals surface area contributed by atoms with Crippen molar-refractivity contribution in [3.63, 3.8) is 0 Å². The lowest BCUT2D eigenvalue weighted by molar-refractivity contribution is 0.0767. The van der Waals surface area contributed by atoms with Gasteiger partial charge in [-0.2, -0.15) is 0 Å². The fourth-order valence-corrected chi connectivity index (χ4v) is 2.47. The van der Waals surface area contributed by atoms with Gasteiger partial charge in [-0.3, -0.25) is 0 Å². The van der Waals surface area contributed by atoms with Crippen LogP contribution in [-0.4, -0.2) is 5.11 Å². The van der Waals surface area contributed by atoms with E-state index in [4.69, 9.17) is 4.42 Å². The highest BCUT2D eigenvalue weighted by molar-refractivity contribution is 5.08. The summed E-state index contributed by atoms with van der Waals surface area (Å²) in [5.41, 5.74) is 0. The minimum Gasteiger partial charge on any atom is -0.464 e. The maximum absolute atomic E-state index is 10.2. The second-order valence-electron chi connectivity index (χ2n) is 4.64. The first kappa shape index (κ1) is 10.7. The van der Waals surface area contributed by atoms with Crippen molar-refractivity contribution >= 4 is 0 Å². The predicted octanol–water partition coefficient (Wildman–Crippen LogP) is 3.59. The number of furan rings is 1. The van der Waals surface area contributed by atoms with E-state index in [9.17, 15) is 5.11 Å². The Morgan fingerprint density at radius 1 is 1.20 bits per heavy atom. The van der Waals surface area contributed by atoms with Gasteiger partial charge in [-0.15, -0.1) is 0 Å². The van der Waals surface area contributed by atoms with Gasteiger partial charge in [-0.1, -0.05) is 25.7 Å². The second-order valence-corrected chi connectivity index (χ2v) is 4.64. The highest BCUT2D eigenvalue weighted by atomic mass is 16.4. The summed E-state index contributed by atoms with van der Waals surface area (Å²) in [5, 5.41) is 10.2. The molecule has 1 saturated carbocycles. The van der Waals surface area contributed by atoms with Crippen molar-refractivity contribution in [2.75, 3.05) is 0 Å². The van der Waals surface area contributed by atoms with E-state index in [0.717, 1.165) is 24.4 Å². The Balaban J connectivity index is 2.02. The van der Waals surface area contributed by atoms with Crippen LogP contribution in [0.25, 0.3) is 0 Å². The zero-order valence-corrected chi connectivity index (χ0v) is 9.41. The van der Waals surface area contributed by atoms with Gasteiger partial charge in [0.05, 0.1) is 0 Å². The molecule has 1 fully saturated rings. The van der Waals surface area contributed by atoms with Gasteiger partial charge in [0.1, 0.15) is 17.6 Å². The van der Waals surface area contributed by atoms with Crippen LogP contribution in [0.2, 0.25) is 0 Å². The third-order valence-electron chi connectivity index (χ3n) is 3.40. The van der Waals surface area contributed by atoms with Gasteiger partial charge in [-0.05, 0) is 37.8 Å². The maximum Gasteiger partial charge on any atom is 0.132 e. The van der Waals surface area contributed by atoms with E-state index in [1.165, 1.54) is 25.7 Å². The number of hydrogen-bond donors (Lipinski definition) is 1. The molecule has 0 aromatic carbocycles. The molecule has 1 heterocycles. The van der Waals surface area contributed by atoms with Crippen LogP contribution < -0.4 is 0 Å². The first-order valence-corrected chi connectivity index (χ1v) is 6.02. The average molecular weight is 208 g/mol. The molecule has 1 aromatic rings. The molecule has 84 valence electrons. The maximum atomic E-state index is 10.2. The largest absolute Gasteiger partial charge is 0.464 e. The zero-order chi connectivity index (χ0) is 10.7. The number of aliphatic hydroxyl groups is 1. The van der Waals surface area contributed by atoms with Crippen molar-refractivity contribution in [1.29, 1.82) is 0 Å². The van der Waals surface area contributed by atoms with Gasteiger partial charge in [0.2, 0.25) is 0 Å². The second kappa shape index (κ2) is 4.84. The summed E-state index contributed by atoms with van der Waals surface area (Å²) in [7, 11) is 0. The average Bonchev–Trinajstić information content (AvgIpc) is 2.53. The number of aliphatic hydroxyl groups excluding tert-OH is 1. The molecule has 1 aliphatic rings. The van der Waals surface area contributed by atoms with E-state index in [0.29, 0.717) is 5.92 Å². The van der Waals surface area contributed by atoms with E-state index in [1.807, 2.05) is 19.1 Å². The molecule has 0 aliphatic heterocycles. The normalized spacial score (nSPS) is 21.2. The molecule has 0 saturated heterocycles. The molecule has 1 aromatic heterocycles. The standard InChI is InChI=1S/C13H20O2/c1-10-8-9-12(15-10)13(14)11-6-4-2-3-5-7-11/h8-9,11,13-14H,2-7H2,1H3. The minimum absolute atomic E-state index is 0.392. The lowest BCUT2D eigenvalue weighted by Gasteiger charge is -2.19.